The second kappa shape index (κ2) is 7.46. The van der Waals surface area contributed by atoms with Crippen LogP contribution in [0.3, 0.4) is 0 Å². The van der Waals surface area contributed by atoms with Gasteiger partial charge in [-0.25, -0.2) is 4.68 Å². The first kappa shape index (κ1) is 17.0. The zero-order valence-electron chi connectivity index (χ0n) is 14.9. The van der Waals surface area contributed by atoms with Crippen LogP contribution in [-0.4, -0.2) is 15.7 Å². The topological polar surface area (TPSA) is 46.9 Å². The molecule has 4 nitrogen and oxygen atoms in total. The van der Waals surface area contributed by atoms with Gasteiger partial charge in [-0.15, -0.1) is 11.3 Å². The maximum Gasteiger partial charge on any atom is 0.257 e. The van der Waals surface area contributed by atoms with Crippen LogP contribution in [0.15, 0.2) is 47.8 Å². The average Bonchev–Trinajstić information content (AvgIpc) is 3.37. The maximum atomic E-state index is 13.0. The number of aryl methyl sites for hydroxylation is 1. The van der Waals surface area contributed by atoms with E-state index in [-0.39, 0.29) is 5.91 Å². The molecule has 0 radical (unpaired) electrons. The Morgan fingerprint density at radius 2 is 2.04 bits per heavy atom. The van der Waals surface area contributed by atoms with Crippen LogP contribution in [0.1, 0.15) is 58.2 Å². The van der Waals surface area contributed by atoms with Crippen molar-refractivity contribution in [2.75, 3.05) is 5.32 Å². The van der Waals surface area contributed by atoms with Crippen LogP contribution in [-0.2, 0) is 6.42 Å². The second-order valence-corrected chi connectivity index (χ2v) is 7.95. The minimum atomic E-state index is -0.0590. The quantitative estimate of drug-likeness (QED) is 0.674. The Bertz CT molecular complexity index is 892. The molecule has 0 saturated heterocycles. The van der Waals surface area contributed by atoms with E-state index in [2.05, 4.69) is 21.9 Å². The first-order valence-corrected chi connectivity index (χ1v) is 10.1. The molecule has 0 aliphatic heterocycles. The van der Waals surface area contributed by atoms with Crippen molar-refractivity contribution in [3.05, 3.63) is 69.5 Å². The van der Waals surface area contributed by atoms with Gasteiger partial charge in [-0.05, 0) is 42.8 Å². The molecule has 3 aromatic rings. The molecular formula is C21H23N3OS. The van der Waals surface area contributed by atoms with E-state index in [9.17, 15) is 4.79 Å². The molecule has 0 atom stereocenters. The second-order valence-electron chi connectivity index (χ2n) is 6.92. The summed E-state index contributed by atoms with van der Waals surface area (Å²) in [5.74, 6) is 0.752. The smallest absolute Gasteiger partial charge is 0.257 e. The van der Waals surface area contributed by atoms with Gasteiger partial charge in [0.1, 0.15) is 5.82 Å². The van der Waals surface area contributed by atoms with Crippen LogP contribution < -0.4 is 5.32 Å². The van der Waals surface area contributed by atoms with Crippen LogP contribution >= 0.6 is 11.3 Å². The molecule has 5 heteroatoms. The lowest BCUT2D eigenvalue weighted by Crippen LogP contribution is -2.19. The lowest BCUT2D eigenvalue weighted by Gasteiger charge is -2.15. The molecule has 134 valence electrons. The van der Waals surface area contributed by atoms with Gasteiger partial charge >= 0.3 is 0 Å². The zero-order chi connectivity index (χ0) is 17.9. The fraction of sp³-hybridized carbons (Fsp3) is 0.333. The number of carbonyl (C=O) groups excluding carboxylic acids is 1. The van der Waals surface area contributed by atoms with Crippen molar-refractivity contribution in [1.82, 2.24) is 9.78 Å². The monoisotopic (exact) mass is 365 g/mol. The van der Waals surface area contributed by atoms with Crippen LogP contribution in [0.25, 0.3) is 0 Å². The summed E-state index contributed by atoms with van der Waals surface area (Å²) in [4.78, 5) is 14.3. The van der Waals surface area contributed by atoms with E-state index in [1.807, 2.05) is 48.0 Å². The number of hydrogen-bond acceptors (Lipinski definition) is 3. The molecule has 2 aromatic heterocycles. The number of amides is 1. The van der Waals surface area contributed by atoms with Gasteiger partial charge in [-0.1, -0.05) is 37.1 Å². The van der Waals surface area contributed by atoms with Gasteiger partial charge in [-0.2, -0.15) is 5.10 Å². The van der Waals surface area contributed by atoms with Gasteiger partial charge in [0.15, 0.2) is 0 Å². The Balaban J connectivity index is 1.58. The molecule has 0 unspecified atom stereocenters. The zero-order valence-corrected chi connectivity index (χ0v) is 15.8. The number of benzene rings is 1. The number of nitrogens with one attached hydrogen (secondary N) is 1. The highest BCUT2D eigenvalue weighted by molar-refractivity contribution is 7.09. The maximum absolute atomic E-state index is 13.0. The summed E-state index contributed by atoms with van der Waals surface area (Å²) in [6.45, 7) is 1.98. The fourth-order valence-corrected chi connectivity index (χ4v) is 4.45. The molecule has 1 fully saturated rings. The van der Waals surface area contributed by atoms with E-state index < -0.39 is 0 Å². The number of anilines is 1. The van der Waals surface area contributed by atoms with E-state index >= 15 is 0 Å². The normalized spacial score (nSPS) is 14.7. The van der Waals surface area contributed by atoms with E-state index in [1.54, 1.807) is 11.3 Å². The molecular weight excluding hydrogens is 342 g/mol. The van der Waals surface area contributed by atoms with Crippen molar-refractivity contribution in [2.24, 2.45) is 0 Å². The first-order valence-electron chi connectivity index (χ1n) is 9.18. The molecule has 26 heavy (non-hydrogen) atoms. The summed E-state index contributed by atoms with van der Waals surface area (Å²) in [6.07, 6.45) is 5.53. The van der Waals surface area contributed by atoms with Crippen molar-refractivity contribution in [1.29, 1.82) is 0 Å². The molecule has 1 saturated carbocycles. The third-order valence-electron chi connectivity index (χ3n) is 4.98. The van der Waals surface area contributed by atoms with Crippen molar-refractivity contribution >= 4 is 23.1 Å². The fourth-order valence-electron chi connectivity index (χ4n) is 3.72. The minimum Gasteiger partial charge on any atom is -0.307 e. The highest BCUT2D eigenvalue weighted by atomic mass is 32.1. The Labute approximate surface area is 157 Å². The number of aromatic nitrogens is 2. The predicted octanol–water partition coefficient (Wildman–Crippen LogP) is 5.21. The van der Waals surface area contributed by atoms with Crippen molar-refractivity contribution in [3.8, 4) is 0 Å². The average molecular weight is 366 g/mol. The van der Waals surface area contributed by atoms with Crippen LogP contribution in [0.5, 0.6) is 0 Å². The lowest BCUT2D eigenvalue weighted by atomic mass is 10.0. The first-order chi connectivity index (χ1) is 12.7. The van der Waals surface area contributed by atoms with Gasteiger partial charge in [-0.3, -0.25) is 4.79 Å². The van der Waals surface area contributed by atoms with E-state index in [4.69, 9.17) is 0 Å². The summed E-state index contributed by atoms with van der Waals surface area (Å²) in [7, 11) is 0. The lowest BCUT2D eigenvalue weighted by molar-refractivity contribution is 0.102. The van der Waals surface area contributed by atoms with Gasteiger partial charge in [0.05, 0.1) is 11.7 Å². The molecule has 1 N–H and O–H groups in total. The Hall–Kier alpha value is -2.40. The molecule has 1 aliphatic rings. The van der Waals surface area contributed by atoms with Gasteiger partial charge in [0, 0.05) is 22.9 Å². The number of hydrogen-bond donors (Lipinski definition) is 1. The molecule has 0 spiro atoms. The Morgan fingerprint density at radius 1 is 1.23 bits per heavy atom. The number of rotatable bonds is 5. The molecule has 4 rings (SSSR count). The van der Waals surface area contributed by atoms with Gasteiger partial charge in [0.25, 0.3) is 5.91 Å². The summed E-state index contributed by atoms with van der Waals surface area (Å²) in [5, 5.41) is 9.81. The predicted molar refractivity (Wildman–Crippen MR) is 106 cm³/mol. The molecule has 0 bridgehead atoms. The third kappa shape index (κ3) is 3.58. The summed E-state index contributed by atoms with van der Waals surface area (Å²) in [5.41, 5.74) is 2.73. The highest BCUT2D eigenvalue weighted by Gasteiger charge is 2.22. The summed E-state index contributed by atoms with van der Waals surface area (Å²) < 4.78 is 2.02. The summed E-state index contributed by atoms with van der Waals surface area (Å²) in [6, 6.07) is 14.4. The number of nitrogens with zero attached hydrogens (tertiary/aromatic N) is 2. The summed E-state index contributed by atoms with van der Waals surface area (Å²) >= 11 is 1.72. The Morgan fingerprint density at radius 3 is 2.81 bits per heavy atom. The standard InChI is InChI=1S/C21H23N3OS/c1-15-13-20(24(23-15)17-8-3-4-9-17)22-21(25)19-11-5-2-7-16(19)14-18-10-6-12-26-18/h2,5-7,10-13,17H,3-4,8-9,14H2,1H3,(H,22,25). The van der Waals surface area contributed by atoms with Crippen molar-refractivity contribution in [3.63, 3.8) is 0 Å². The van der Waals surface area contributed by atoms with E-state index in [0.29, 0.717) is 6.04 Å². The largest absolute Gasteiger partial charge is 0.307 e. The van der Waals surface area contributed by atoms with Crippen LogP contribution in [0.4, 0.5) is 5.82 Å². The van der Waals surface area contributed by atoms with Crippen LogP contribution in [0, 0.1) is 6.92 Å². The molecule has 1 aromatic carbocycles. The van der Waals surface area contributed by atoms with Crippen LogP contribution in [0.2, 0.25) is 0 Å². The number of thiophene rings is 1. The third-order valence-corrected chi connectivity index (χ3v) is 5.85. The van der Waals surface area contributed by atoms with Crippen molar-refractivity contribution in [2.45, 2.75) is 45.1 Å². The molecule has 1 amide bonds. The van der Waals surface area contributed by atoms with Gasteiger partial charge in [0.2, 0.25) is 0 Å². The molecule has 2 heterocycles. The van der Waals surface area contributed by atoms with Crippen molar-refractivity contribution < 1.29 is 4.79 Å². The minimum absolute atomic E-state index is 0.0590. The van der Waals surface area contributed by atoms with E-state index in [1.165, 1.54) is 17.7 Å². The van der Waals surface area contributed by atoms with Gasteiger partial charge < -0.3 is 5.32 Å². The highest BCUT2D eigenvalue weighted by Crippen LogP contribution is 2.32. The SMILES string of the molecule is Cc1cc(NC(=O)c2ccccc2Cc2cccs2)n(C2CCCC2)n1. The number of carbonyl (C=O) groups is 1. The Kier molecular flexibility index (Phi) is 4.89. The molecule has 1 aliphatic carbocycles. The van der Waals surface area contributed by atoms with E-state index in [0.717, 1.165) is 41.9 Å².